The number of nitrogens with zero attached hydrogens (tertiary/aromatic N) is 1. The molecule has 0 bridgehead atoms. The largest absolute Gasteiger partial charge is 0.395 e. The van der Waals surface area contributed by atoms with E-state index < -0.39 is 0 Å². The van der Waals surface area contributed by atoms with Crippen LogP contribution in [0.4, 0.5) is 0 Å². The second kappa shape index (κ2) is 10.1. The highest BCUT2D eigenvalue weighted by molar-refractivity contribution is 8.77. The van der Waals surface area contributed by atoms with E-state index in [2.05, 4.69) is 4.90 Å². The molecule has 1 saturated carbocycles. The molecule has 1 aliphatic carbocycles. The van der Waals surface area contributed by atoms with E-state index in [4.69, 9.17) is 16.7 Å². The number of rotatable bonds is 9. The van der Waals surface area contributed by atoms with Gasteiger partial charge in [-0.05, 0) is 42.5 Å². The van der Waals surface area contributed by atoms with Crippen LogP contribution in [0.3, 0.4) is 0 Å². The lowest BCUT2D eigenvalue weighted by atomic mass is 9.89. The van der Waals surface area contributed by atoms with E-state index in [9.17, 15) is 9.59 Å². The van der Waals surface area contributed by atoms with Gasteiger partial charge in [-0.1, -0.05) is 51.4 Å². The SMILES string of the molecule is O=C/C=C1\C(SSCCO)CCN(Cc2ccccc2Cl)C1C(=O)C1CC1. The van der Waals surface area contributed by atoms with E-state index in [0.717, 1.165) is 43.2 Å². The van der Waals surface area contributed by atoms with Crippen LogP contribution in [0.5, 0.6) is 0 Å². The van der Waals surface area contributed by atoms with Gasteiger partial charge in [0.15, 0.2) is 5.78 Å². The smallest absolute Gasteiger partial charge is 0.157 e. The van der Waals surface area contributed by atoms with Crippen molar-refractivity contribution in [3.8, 4) is 0 Å². The fraction of sp³-hybridized carbons (Fsp3) is 0.500. The molecule has 1 heterocycles. The lowest BCUT2D eigenvalue weighted by molar-refractivity contribution is -0.125. The van der Waals surface area contributed by atoms with Crippen LogP contribution >= 0.6 is 33.2 Å². The molecule has 2 aliphatic rings. The summed E-state index contributed by atoms with van der Waals surface area (Å²) in [6.07, 6.45) is 5.13. The van der Waals surface area contributed by atoms with Gasteiger partial charge in [0.05, 0.1) is 12.6 Å². The second-order valence-corrected chi connectivity index (χ2v) is 9.96. The van der Waals surface area contributed by atoms with Crippen molar-refractivity contribution in [2.24, 2.45) is 5.92 Å². The molecule has 2 fully saturated rings. The van der Waals surface area contributed by atoms with E-state index in [1.165, 1.54) is 0 Å². The van der Waals surface area contributed by atoms with Gasteiger partial charge >= 0.3 is 0 Å². The number of carbonyl (C=O) groups excluding carboxylic acids is 2. The molecular weight excluding hydrogens is 402 g/mol. The summed E-state index contributed by atoms with van der Waals surface area (Å²) in [6, 6.07) is 7.35. The molecule has 0 spiro atoms. The number of allylic oxidation sites excluding steroid dienone is 1. The molecule has 2 unspecified atom stereocenters. The molecule has 7 heteroatoms. The standard InChI is InChI=1S/C20H24ClNO3S2/c21-17-4-2-1-3-15(17)13-22-9-7-18(27-26-12-11-24)16(8-10-23)19(22)20(25)14-5-6-14/h1-4,8,10,14,18-19,24H,5-7,9,11-13H2/b16-8+. The first-order valence-electron chi connectivity index (χ1n) is 9.21. The lowest BCUT2D eigenvalue weighted by Gasteiger charge is -2.40. The molecule has 0 radical (unpaired) electrons. The first kappa shape index (κ1) is 20.9. The summed E-state index contributed by atoms with van der Waals surface area (Å²) in [5.74, 6) is 0.986. The molecule has 146 valence electrons. The maximum absolute atomic E-state index is 13.1. The summed E-state index contributed by atoms with van der Waals surface area (Å²) < 4.78 is 0. The maximum atomic E-state index is 13.1. The fourth-order valence-corrected chi connectivity index (χ4v) is 6.14. The molecule has 1 saturated heterocycles. The Kier molecular flexibility index (Phi) is 7.85. The highest BCUT2D eigenvalue weighted by Gasteiger charge is 2.43. The first-order valence-corrected chi connectivity index (χ1v) is 12.0. The summed E-state index contributed by atoms with van der Waals surface area (Å²) in [5.41, 5.74) is 1.90. The Balaban J connectivity index is 1.84. The molecule has 27 heavy (non-hydrogen) atoms. The van der Waals surface area contributed by atoms with Gasteiger partial charge in [-0.3, -0.25) is 14.5 Å². The number of aldehydes is 1. The number of ketones is 1. The van der Waals surface area contributed by atoms with Gasteiger partial charge in [0.2, 0.25) is 0 Å². The summed E-state index contributed by atoms with van der Waals surface area (Å²) in [7, 11) is 3.25. The van der Waals surface area contributed by atoms with Gasteiger partial charge < -0.3 is 5.11 Å². The third-order valence-corrected chi connectivity index (χ3v) is 8.13. The topological polar surface area (TPSA) is 57.6 Å². The van der Waals surface area contributed by atoms with Crippen molar-refractivity contribution < 1.29 is 14.7 Å². The van der Waals surface area contributed by atoms with E-state index in [-0.39, 0.29) is 29.6 Å². The van der Waals surface area contributed by atoms with E-state index in [1.54, 1.807) is 27.7 Å². The summed E-state index contributed by atoms with van der Waals surface area (Å²) in [5, 5.41) is 9.85. The van der Waals surface area contributed by atoms with Gasteiger partial charge in [-0.2, -0.15) is 0 Å². The van der Waals surface area contributed by atoms with Crippen LogP contribution in [0.1, 0.15) is 24.8 Å². The first-order chi connectivity index (χ1) is 13.2. The second-order valence-electron chi connectivity index (χ2n) is 6.86. The number of likely N-dealkylation sites (tertiary alicyclic amines) is 1. The van der Waals surface area contributed by atoms with Crippen molar-refractivity contribution in [1.29, 1.82) is 0 Å². The Bertz CT molecular complexity index is 708. The zero-order valence-corrected chi connectivity index (χ0v) is 17.4. The maximum Gasteiger partial charge on any atom is 0.157 e. The third kappa shape index (κ3) is 5.39. The number of hydrogen-bond acceptors (Lipinski definition) is 6. The molecule has 1 aromatic rings. The van der Waals surface area contributed by atoms with Crippen LogP contribution in [0, 0.1) is 5.92 Å². The average molecular weight is 426 g/mol. The van der Waals surface area contributed by atoms with Crippen molar-refractivity contribution >= 4 is 45.3 Å². The number of aliphatic hydroxyl groups is 1. The Labute approximate surface area is 173 Å². The number of carbonyl (C=O) groups is 2. The zero-order chi connectivity index (χ0) is 19.2. The third-order valence-electron chi connectivity index (χ3n) is 4.93. The number of halogens is 1. The number of aliphatic hydroxyl groups excluding tert-OH is 1. The highest BCUT2D eigenvalue weighted by atomic mass is 35.5. The van der Waals surface area contributed by atoms with E-state index in [0.29, 0.717) is 17.3 Å². The van der Waals surface area contributed by atoms with Crippen molar-refractivity contribution in [3.63, 3.8) is 0 Å². The predicted molar refractivity (Wildman–Crippen MR) is 113 cm³/mol. The molecule has 1 N–H and O–H groups in total. The number of benzene rings is 1. The molecule has 3 rings (SSSR count). The predicted octanol–water partition coefficient (Wildman–Crippen LogP) is 3.76. The fourth-order valence-electron chi connectivity index (χ4n) is 3.47. The van der Waals surface area contributed by atoms with Crippen LogP contribution in [-0.4, -0.2) is 52.3 Å². The van der Waals surface area contributed by atoms with Gasteiger partial charge in [-0.25, -0.2) is 0 Å². The molecule has 2 atom stereocenters. The van der Waals surface area contributed by atoms with Crippen LogP contribution in [-0.2, 0) is 16.1 Å². The monoisotopic (exact) mass is 425 g/mol. The van der Waals surface area contributed by atoms with Crippen LogP contribution in [0.2, 0.25) is 5.02 Å². The number of Topliss-reactive ketones (excluding diaryl/α,β-unsaturated/α-hetero) is 1. The highest BCUT2D eigenvalue weighted by Crippen LogP contribution is 2.42. The molecule has 0 aromatic heterocycles. The summed E-state index contributed by atoms with van der Waals surface area (Å²) in [4.78, 5) is 26.6. The summed E-state index contributed by atoms with van der Waals surface area (Å²) >= 11 is 6.34. The van der Waals surface area contributed by atoms with Crippen molar-refractivity contribution in [1.82, 2.24) is 4.90 Å². The van der Waals surface area contributed by atoms with Crippen LogP contribution in [0.25, 0.3) is 0 Å². The van der Waals surface area contributed by atoms with E-state index >= 15 is 0 Å². The van der Waals surface area contributed by atoms with E-state index in [1.807, 2.05) is 24.3 Å². The zero-order valence-electron chi connectivity index (χ0n) is 15.1. The van der Waals surface area contributed by atoms with Gasteiger partial charge in [0.25, 0.3) is 0 Å². The van der Waals surface area contributed by atoms with Crippen molar-refractivity contribution in [2.75, 3.05) is 18.9 Å². The van der Waals surface area contributed by atoms with Crippen molar-refractivity contribution in [3.05, 3.63) is 46.5 Å². The molecule has 4 nitrogen and oxygen atoms in total. The Morgan fingerprint density at radius 1 is 1.30 bits per heavy atom. The van der Waals surface area contributed by atoms with Gasteiger partial charge in [0.1, 0.15) is 6.29 Å². The van der Waals surface area contributed by atoms with Gasteiger partial charge in [-0.15, -0.1) is 0 Å². The minimum Gasteiger partial charge on any atom is -0.395 e. The molecule has 1 aromatic carbocycles. The minimum atomic E-state index is -0.361. The Morgan fingerprint density at radius 2 is 2.07 bits per heavy atom. The lowest BCUT2D eigenvalue weighted by Crippen LogP contribution is -2.50. The van der Waals surface area contributed by atoms with Crippen LogP contribution in [0.15, 0.2) is 35.9 Å². The normalized spacial score (nSPS) is 24.9. The summed E-state index contributed by atoms with van der Waals surface area (Å²) in [6.45, 7) is 1.50. The van der Waals surface area contributed by atoms with Crippen LogP contribution < -0.4 is 0 Å². The number of hydrogen-bond donors (Lipinski definition) is 1. The minimum absolute atomic E-state index is 0.113. The average Bonchev–Trinajstić information content (AvgIpc) is 3.50. The van der Waals surface area contributed by atoms with Gasteiger partial charge in [0, 0.05) is 35.0 Å². The van der Waals surface area contributed by atoms with Crippen molar-refractivity contribution in [2.45, 2.75) is 37.1 Å². The molecule has 1 aliphatic heterocycles. The molecular formula is C20H24ClNO3S2. The molecule has 0 amide bonds. The Morgan fingerprint density at radius 3 is 2.74 bits per heavy atom. The Hall–Kier alpha value is -0.790. The number of piperidine rings is 1. The quantitative estimate of drug-likeness (QED) is 0.281.